The Morgan fingerprint density at radius 3 is 2.13 bits per heavy atom. The zero-order chi connectivity index (χ0) is 16.9. The summed E-state index contributed by atoms with van der Waals surface area (Å²) in [6.07, 6.45) is 0.988. The largest absolute Gasteiger partial charge is 0.484 e. The molecule has 122 valence electrons. The minimum absolute atomic E-state index is 0.00436. The van der Waals surface area contributed by atoms with E-state index in [-0.39, 0.29) is 17.9 Å². The lowest BCUT2D eigenvalue weighted by Crippen LogP contribution is -2.20. The number of nitrogens with one attached hydrogen (secondary N) is 1. The van der Waals surface area contributed by atoms with Gasteiger partial charge in [0.15, 0.2) is 6.61 Å². The molecule has 0 aliphatic rings. The van der Waals surface area contributed by atoms with Gasteiger partial charge in [-0.05, 0) is 47.2 Å². The van der Waals surface area contributed by atoms with E-state index in [0.717, 1.165) is 12.1 Å². The molecule has 2 rings (SSSR count). The van der Waals surface area contributed by atoms with Crippen LogP contribution < -0.4 is 10.1 Å². The third kappa shape index (κ3) is 5.13. The number of rotatable bonds is 5. The Labute approximate surface area is 138 Å². The van der Waals surface area contributed by atoms with Crippen molar-refractivity contribution in [3.63, 3.8) is 0 Å². The zero-order valence-corrected chi connectivity index (χ0v) is 14.3. The lowest BCUT2D eigenvalue weighted by atomic mass is 9.87. The normalized spacial score (nSPS) is 11.1. The summed E-state index contributed by atoms with van der Waals surface area (Å²) in [4.78, 5) is 11.9. The van der Waals surface area contributed by atoms with Crippen LogP contribution in [0, 0.1) is 0 Å². The van der Waals surface area contributed by atoms with Crippen molar-refractivity contribution in [1.29, 1.82) is 0 Å². The first-order valence-corrected chi connectivity index (χ1v) is 8.00. The van der Waals surface area contributed by atoms with Gasteiger partial charge in [-0.1, -0.05) is 52.0 Å². The van der Waals surface area contributed by atoms with Crippen molar-refractivity contribution in [2.45, 2.75) is 39.5 Å². The molecular formula is C20H25NO2. The number of benzene rings is 2. The quantitative estimate of drug-likeness (QED) is 0.879. The first-order valence-electron chi connectivity index (χ1n) is 8.00. The monoisotopic (exact) mass is 311 g/mol. The van der Waals surface area contributed by atoms with E-state index in [1.807, 2.05) is 48.5 Å². The molecule has 3 nitrogen and oxygen atoms in total. The summed E-state index contributed by atoms with van der Waals surface area (Å²) in [5.74, 6) is 0.545. The molecule has 2 aromatic rings. The van der Waals surface area contributed by atoms with E-state index in [1.54, 1.807) is 0 Å². The average Bonchev–Trinajstić information content (AvgIpc) is 2.53. The number of anilines is 1. The highest BCUT2D eigenvalue weighted by atomic mass is 16.5. The molecule has 0 bridgehead atoms. The smallest absolute Gasteiger partial charge is 0.262 e. The van der Waals surface area contributed by atoms with Crippen molar-refractivity contribution >= 4 is 11.6 Å². The molecule has 3 heteroatoms. The van der Waals surface area contributed by atoms with Crippen LogP contribution >= 0.6 is 0 Å². The minimum Gasteiger partial charge on any atom is -0.484 e. The summed E-state index contributed by atoms with van der Waals surface area (Å²) >= 11 is 0. The van der Waals surface area contributed by atoms with Crippen molar-refractivity contribution in [3.05, 3.63) is 59.7 Å². The third-order valence-electron chi connectivity index (χ3n) is 3.74. The second kappa shape index (κ2) is 7.32. The molecule has 0 atom stereocenters. The van der Waals surface area contributed by atoms with Crippen LogP contribution in [-0.4, -0.2) is 12.5 Å². The van der Waals surface area contributed by atoms with E-state index in [2.05, 4.69) is 33.0 Å². The van der Waals surface area contributed by atoms with Crippen LogP contribution in [0.2, 0.25) is 0 Å². The Morgan fingerprint density at radius 1 is 1.00 bits per heavy atom. The average molecular weight is 311 g/mol. The molecule has 0 spiro atoms. The van der Waals surface area contributed by atoms with E-state index in [4.69, 9.17) is 4.74 Å². The molecule has 0 aromatic heterocycles. The Morgan fingerprint density at radius 2 is 1.61 bits per heavy atom. The number of aryl methyl sites for hydroxylation is 1. The van der Waals surface area contributed by atoms with Gasteiger partial charge in [0.1, 0.15) is 5.75 Å². The SMILES string of the molecule is CCc1ccc(NC(=O)COc2ccc(C(C)(C)C)cc2)cc1. The maximum absolute atomic E-state index is 11.9. The van der Waals surface area contributed by atoms with Gasteiger partial charge in [-0.15, -0.1) is 0 Å². The van der Waals surface area contributed by atoms with Crippen molar-refractivity contribution in [1.82, 2.24) is 0 Å². The molecule has 0 aliphatic carbocycles. The van der Waals surface area contributed by atoms with Crippen LogP contribution in [0.25, 0.3) is 0 Å². The van der Waals surface area contributed by atoms with Crippen LogP contribution in [0.1, 0.15) is 38.8 Å². The number of ether oxygens (including phenoxy) is 1. The van der Waals surface area contributed by atoms with E-state index >= 15 is 0 Å². The highest BCUT2D eigenvalue weighted by Gasteiger charge is 2.13. The fraction of sp³-hybridized carbons (Fsp3) is 0.350. The number of carbonyl (C=O) groups is 1. The number of amides is 1. The minimum atomic E-state index is -0.158. The summed E-state index contributed by atoms with van der Waals surface area (Å²) < 4.78 is 5.54. The van der Waals surface area contributed by atoms with Gasteiger partial charge in [0, 0.05) is 5.69 Å². The van der Waals surface area contributed by atoms with Crippen molar-refractivity contribution in [3.8, 4) is 5.75 Å². The van der Waals surface area contributed by atoms with Crippen molar-refractivity contribution < 1.29 is 9.53 Å². The second-order valence-corrected chi connectivity index (χ2v) is 6.66. The molecule has 23 heavy (non-hydrogen) atoms. The van der Waals surface area contributed by atoms with Gasteiger partial charge in [-0.2, -0.15) is 0 Å². The summed E-state index contributed by atoms with van der Waals surface area (Å²) in [5.41, 5.74) is 3.39. The first-order chi connectivity index (χ1) is 10.9. The fourth-order valence-corrected chi connectivity index (χ4v) is 2.22. The van der Waals surface area contributed by atoms with Gasteiger partial charge in [0.2, 0.25) is 0 Å². The van der Waals surface area contributed by atoms with E-state index < -0.39 is 0 Å². The molecule has 0 aliphatic heterocycles. The van der Waals surface area contributed by atoms with Crippen LogP contribution in [0.3, 0.4) is 0 Å². The standard InChI is InChI=1S/C20H25NO2/c1-5-15-6-10-17(11-7-15)21-19(22)14-23-18-12-8-16(9-13-18)20(2,3)4/h6-13H,5,14H2,1-4H3,(H,21,22). The zero-order valence-electron chi connectivity index (χ0n) is 14.3. The lowest BCUT2D eigenvalue weighted by Gasteiger charge is -2.19. The third-order valence-corrected chi connectivity index (χ3v) is 3.74. The molecule has 0 unspecified atom stereocenters. The molecule has 0 saturated heterocycles. The van der Waals surface area contributed by atoms with Gasteiger partial charge in [-0.3, -0.25) is 4.79 Å². The Hall–Kier alpha value is -2.29. The highest BCUT2D eigenvalue weighted by molar-refractivity contribution is 5.91. The second-order valence-electron chi connectivity index (χ2n) is 6.66. The van der Waals surface area contributed by atoms with Gasteiger partial charge in [-0.25, -0.2) is 0 Å². The lowest BCUT2D eigenvalue weighted by molar-refractivity contribution is -0.118. The molecule has 0 saturated carbocycles. The Bertz CT molecular complexity index is 637. The van der Waals surface area contributed by atoms with Gasteiger partial charge < -0.3 is 10.1 Å². The van der Waals surface area contributed by atoms with Gasteiger partial charge in [0.25, 0.3) is 5.91 Å². The van der Waals surface area contributed by atoms with Crippen LogP contribution in [0.5, 0.6) is 5.75 Å². The maximum atomic E-state index is 11.9. The molecule has 0 fully saturated rings. The van der Waals surface area contributed by atoms with Crippen LogP contribution in [0.4, 0.5) is 5.69 Å². The molecule has 0 radical (unpaired) electrons. The number of hydrogen-bond donors (Lipinski definition) is 1. The predicted molar refractivity (Wildman–Crippen MR) is 95.1 cm³/mol. The summed E-state index contributed by atoms with van der Waals surface area (Å²) in [5, 5.41) is 2.84. The number of carbonyl (C=O) groups excluding carboxylic acids is 1. The summed E-state index contributed by atoms with van der Waals surface area (Å²) in [7, 11) is 0. The van der Waals surface area contributed by atoms with Gasteiger partial charge in [0.05, 0.1) is 0 Å². The Kier molecular flexibility index (Phi) is 5.43. The molecule has 2 aromatic carbocycles. The van der Waals surface area contributed by atoms with Gasteiger partial charge >= 0.3 is 0 Å². The van der Waals surface area contributed by atoms with Crippen molar-refractivity contribution in [2.75, 3.05) is 11.9 Å². The first kappa shape index (κ1) is 17.1. The van der Waals surface area contributed by atoms with Crippen molar-refractivity contribution in [2.24, 2.45) is 0 Å². The molecule has 1 N–H and O–H groups in total. The highest BCUT2D eigenvalue weighted by Crippen LogP contribution is 2.24. The van der Waals surface area contributed by atoms with E-state index in [1.165, 1.54) is 11.1 Å². The molecule has 1 amide bonds. The summed E-state index contributed by atoms with van der Waals surface area (Å²) in [6.45, 7) is 8.61. The fourth-order valence-electron chi connectivity index (χ4n) is 2.22. The summed E-state index contributed by atoms with van der Waals surface area (Å²) in [6, 6.07) is 15.7. The van der Waals surface area contributed by atoms with Crippen LogP contribution in [0.15, 0.2) is 48.5 Å². The number of hydrogen-bond acceptors (Lipinski definition) is 2. The molecule has 0 heterocycles. The van der Waals surface area contributed by atoms with Crippen LogP contribution in [-0.2, 0) is 16.6 Å². The predicted octanol–water partition coefficient (Wildman–Crippen LogP) is 4.56. The topological polar surface area (TPSA) is 38.3 Å². The Balaban J connectivity index is 1.86. The molecular weight excluding hydrogens is 286 g/mol. The van der Waals surface area contributed by atoms with E-state index in [9.17, 15) is 4.79 Å². The maximum Gasteiger partial charge on any atom is 0.262 e. The van der Waals surface area contributed by atoms with E-state index in [0.29, 0.717) is 5.75 Å².